The van der Waals surface area contributed by atoms with Crippen LogP contribution in [0.3, 0.4) is 0 Å². The van der Waals surface area contributed by atoms with Crippen LogP contribution in [-0.4, -0.2) is 55.5 Å². The van der Waals surface area contributed by atoms with Crippen LogP contribution in [0.25, 0.3) is 0 Å². The predicted molar refractivity (Wildman–Crippen MR) is 141 cm³/mol. The van der Waals surface area contributed by atoms with Crippen molar-refractivity contribution in [3.8, 4) is 23.0 Å². The van der Waals surface area contributed by atoms with Gasteiger partial charge in [0.1, 0.15) is 12.3 Å². The van der Waals surface area contributed by atoms with Crippen LogP contribution in [0.1, 0.15) is 5.56 Å². The highest BCUT2D eigenvalue weighted by Gasteiger charge is 2.29. The molecule has 0 saturated carbocycles. The lowest BCUT2D eigenvalue weighted by Crippen LogP contribution is -2.39. The monoisotopic (exact) mass is 547 g/mol. The van der Waals surface area contributed by atoms with Gasteiger partial charge in [0.25, 0.3) is 15.9 Å². The number of nitrogens with one attached hydrogen (secondary N) is 1. The third kappa shape index (κ3) is 6.43. The standard InChI is InChI=1S/C25H26ClN3O7S/c1-33-21-11-10-18(26)14-20(21)29(37(31,32)19-8-6-5-7-9-19)16-24(30)28-27-15-17-12-22(34-2)25(36-4)23(13-17)35-3/h5-15H,16H2,1-4H3,(H,28,30)/b27-15+. The molecule has 0 bridgehead atoms. The smallest absolute Gasteiger partial charge is 0.264 e. The highest BCUT2D eigenvalue weighted by Crippen LogP contribution is 2.38. The molecule has 196 valence electrons. The van der Waals surface area contributed by atoms with Gasteiger partial charge in [-0.15, -0.1) is 0 Å². The Morgan fingerprint density at radius 3 is 2.11 bits per heavy atom. The molecule has 37 heavy (non-hydrogen) atoms. The third-order valence-electron chi connectivity index (χ3n) is 5.12. The van der Waals surface area contributed by atoms with Crippen LogP contribution in [0.4, 0.5) is 5.69 Å². The first kappa shape index (κ1) is 27.6. The second kappa shape index (κ2) is 12.3. The minimum Gasteiger partial charge on any atom is -0.495 e. The van der Waals surface area contributed by atoms with Crippen molar-refractivity contribution in [2.45, 2.75) is 4.90 Å². The van der Waals surface area contributed by atoms with Crippen molar-refractivity contribution in [2.24, 2.45) is 5.10 Å². The van der Waals surface area contributed by atoms with Gasteiger partial charge in [0.2, 0.25) is 5.75 Å². The molecule has 0 unspecified atom stereocenters. The van der Waals surface area contributed by atoms with E-state index >= 15 is 0 Å². The lowest BCUT2D eigenvalue weighted by atomic mass is 10.2. The zero-order chi connectivity index (χ0) is 27.0. The fourth-order valence-corrected chi connectivity index (χ4v) is 5.01. The van der Waals surface area contributed by atoms with E-state index in [1.165, 1.54) is 58.9 Å². The zero-order valence-electron chi connectivity index (χ0n) is 20.6. The Bertz CT molecular complexity index is 1360. The van der Waals surface area contributed by atoms with E-state index in [0.29, 0.717) is 22.8 Å². The number of sulfonamides is 1. The minimum atomic E-state index is -4.17. The topological polar surface area (TPSA) is 116 Å². The number of hydrazone groups is 1. The highest BCUT2D eigenvalue weighted by molar-refractivity contribution is 7.92. The van der Waals surface area contributed by atoms with Crippen LogP contribution >= 0.6 is 11.6 Å². The summed E-state index contributed by atoms with van der Waals surface area (Å²) in [5.41, 5.74) is 2.99. The number of carbonyl (C=O) groups is 1. The number of rotatable bonds is 11. The van der Waals surface area contributed by atoms with Crippen molar-refractivity contribution >= 4 is 39.4 Å². The van der Waals surface area contributed by atoms with Gasteiger partial charge in [-0.3, -0.25) is 9.10 Å². The fourth-order valence-electron chi connectivity index (χ4n) is 3.40. The molecule has 0 aliphatic carbocycles. The molecule has 0 aliphatic rings. The van der Waals surface area contributed by atoms with Crippen molar-refractivity contribution in [2.75, 3.05) is 39.3 Å². The average molecular weight is 548 g/mol. The Kier molecular flexibility index (Phi) is 9.20. The summed E-state index contributed by atoms with van der Waals surface area (Å²) in [4.78, 5) is 12.8. The summed E-state index contributed by atoms with van der Waals surface area (Å²) in [5.74, 6) is 0.733. The van der Waals surface area contributed by atoms with E-state index in [4.69, 9.17) is 30.5 Å². The molecule has 3 aromatic rings. The molecule has 0 radical (unpaired) electrons. The number of nitrogens with zero attached hydrogens (tertiary/aromatic N) is 2. The number of methoxy groups -OCH3 is 4. The van der Waals surface area contributed by atoms with Gasteiger partial charge in [0.15, 0.2) is 11.5 Å². The molecular weight excluding hydrogens is 522 g/mol. The summed E-state index contributed by atoms with van der Waals surface area (Å²) in [5, 5.41) is 4.22. The maximum Gasteiger partial charge on any atom is 0.264 e. The average Bonchev–Trinajstić information content (AvgIpc) is 2.91. The normalized spacial score (nSPS) is 11.2. The van der Waals surface area contributed by atoms with Crippen LogP contribution in [0.2, 0.25) is 5.02 Å². The molecule has 12 heteroatoms. The van der Waals surface area contributed by atoms with Crippen LogP contribution < -0.4 is 28.7 Å². The summed E-state index contributed by atoms with van der Waals surface area (Å²) in [6, 6.07) is 15.5. The third-order valence-corrected chi connectivity index (χ3v) is 7.13. The number of ether oxygens (including phenoxy) is 4. The van der Waals surface area contributed by atoms with Crippen molar-refractivity contribution in [3.63, 3.8) is 0 Å². The number of amides is 1. The van der Waals surface area contributed by atoms with Gasteiger partial charge in [0, 0.05) is 10.6 Å². The molecule has 0 heterocycles. The van der Waals surface area contributed by atoms with E-state index in [-0.39, 0.29) is 21.4 Å². The Morgan fingerprint density at radius 1 is 0.919 bits per heavy atom. The lowest BCUT2D eigenvalue weighted by molar-refractivity contribution is -0.119. The molecule has 0 fully saturated rings. The molecule has 1 N–H and O–H groups in total. The number of hydrogen-bond donors (Lipinski definition) is 1. The SMILES string of the molecule is COc1ccc(Cl)cc1N(CC(=O)N/N=C/c1cc(OC)c(OC)c(OC)c1)S(=O)(=O)c1ccccc1. The van der Waals surface area contributed by atoms with Gasteiger partial charge >= 0.3 is 0 Å². The molecule has 0 atom stereocenters. The zero-order valence-corrected chi connectivity index (χ0v) is 22.2. The Hall–Kier alpha value is -3.96. The van der Waals surface area contributed by atoms with E-state index in [1.54, 1.807) is 36.4 Å². The maximum absolute atomic E-state index is 13.5. The second-order valence-electron chi connectivity index (χ2n) is 7.39. The first-order valence-corrected chi connectivity index (χ1v) is 12.6. The van der Waals surface area contributed by atoms with E-state index < -0.39 is 22.5 Å². The van der Waals surface area contributed by atoms with Crippen molar-refractivity contribution in [3.05, 3.63) is 71.2 Å². The number of hydrogen-bond acceptors (Lipinski definition) is 8. The molecule has 3 aromatic carbocycles. The fraction of sp³-hybridized carbons (Fsp3) is 0.200. The lowest BCUT2D eigenvalue weighted by Gasteiger charge is -2.25. The van der Waals surface area contributed by atoms with Crippen LogP contribution in [-0.2, 0) is 14.8 Å². The number of halogens is 1. The molecule has 0 saturated heterocycles. The van der Waals surface area contributed by atoms with Gasteiger partial charge < -0.3 is 18.9 Å². The first-order valence-electron chi connectivity index (χ1n) is 10.8. The van der Waals surface area contributed by atoms with E-state index in [9.17, 15) is 13.2 Å². The molecular formula is C25H26ClN3O7S. The summed E-state index contributed by atoms with van der Waals surface area (Å²) in [7, 11) is 1.66. The number of carbonyl (C=O) groups excluding carboxylic acids is 1. The van der Waals surface area contributed by atoms with Gasteiger partial charge in [-0.05, 0) is 42.5 Å². The number of anilines is 1. The molecule has 10 nitrogen and oxygen atoms in total. The van der Waals surface area contributed by atoms with Crippen molar-refractivity contribution in [1.29, 1.82) is 0 Å². The summed E-state index contributed by atoms with van der Waals surface area (Å²) in [6.45, 7) is -0.597. The van der Waals surface area contributed by atoms with Crippen LogP contribution in [0, 0.1) is 0 Å². The quantitative estimate of drug-likeness (QED) is 0.287. The molecule has 3 rings (SSSR count). The number of benzene rings is 3. The van der Waals surface area contributed by atoms with Gasteiger partial charge in [-0.2, -0.15) is 5.10 Å². The molecule has 0 spiro atoms. The largest absolute Gasteiger partial charge is 0.495 e. The van der Waals surface area contributed by atoms with Crippen molar-refractivity contribution in [1.82, 2.24) is 5.43 Å². The van der Waals surface area contributed by atoms with Gasteiger partial charge in [-0.25, -0.2) is 13.8 Å². The maximum atomic E-state index is 13.5. The van der Waals surface area contributed by atoms with Gasteiger partial charge in [0.05, 0.1) is 45.2 Å². The van der Waals surface area contributed by atoms with E-state index in [2.05, 4.69) is 10.5 Å². The first-order chi connectivity index (χ1) is 17.7. The van der Waals surface area contributed by atoms with Crippen LogP contribution in [0.15, 0.2) is 70.7 Å². The van der Waals surface area contributed by atoms with Crippen LogP contribution in [0.5, 0.6) is 23.0 Å². The Balaban J connectivity index is 1.90. The Morgan fingerprint density at radius 2 is 1.54 bits per heavy atom. The summed E-state index contributed by atoms with van der Waals surface area (Å²) in [6.07, 6.45) is 1.36. The molecule has 0 aliphatic heterocycles. The highest BCUT2D eigenvalue weighted by atomic mass is 35.5. The summed E-state index contributed by atoms with van der Waals surface area (Å²) >= 11 is 6.14. The van der Waals surface area contributed by atoms with E-state index in [0.717, 1.165) is 4.31 Å². The second-order valence-corrected chi connectivity index (χ2v) is 9.69. The molecule has 1 amide bonds. The van der Waals surface area contributed by atoms with Crippen molar-refractivity contribution < 1.29 is 32.2 Å². The predicted octanol–water partition coefficient (Wildman–Crippen LogP) is 3.72. The minimum absolute atomic E-state index is 0.00856. The molecule has 0 aromatic heterocycles. The Labute approximate surface area is 220 Å². The van der Waals surface area contributed by atoms with E-state index in [1.807, 2.05) is 0 Å². The van der Waals surface area contributed by atoms with Gasteiger partial charge in [-0.1, -0.05) is 29.8 Å². The summed E-state index contributed by atoms with van der Waals surface area (Å²) < 4.78 is 49.2.